The van der Waals surface area contributed by atoms with Crippen LogP contribution >= 0.6 is 11.6 Å². The summed E-state index contributed by atoms with van der Waals surface area (Å²) < 4.78 is 0. The predicted molar refractivity (Wildman–Crippen MR) is 82.8 cm³/mol. The zero-order valence-electron chi connectivity index (χ0n) is 12.0. The van der Waals surface area contributed by atoms with E-state index in [2.05, 4.69) is 45.1 Å². The Morgan fingerprint density at radius 3 is 2.63 bits per heavy atom. The molecule has 1 aromatic carbocycles. The lowest BCUT2D eigenvalue weighted by Gasteiger charge is -2.20. The number of fused-ring (bicyclic) bond motifs is 1. The van der Waals surface area contributed by atoms with Crippen molar-refractivity contribution in [3.8, 4) is 0 Å². The standard InChI is InChI=1S/C16H21ClN2/c1-5-18-10-11-9-14(16(2,3)4)19-15-12(11)7-6-8-13(15)17/h6-9,18H,5,10H2,1-4H3. The van der Waals surface area contributed by atoms with Gasteiger partial charge >= 0.3 is 0 Å². The average molecular weight is 277 g/mol. The second-order valence-corrected chi connectivity index (χ2v) is 6.24. The molecule has 2 aromatic rings. The predicted octanol–water partition coefficient (Wildman–Crippen LogP) is 4.30. The molecule has 0 saturated carbocycles. The summed E-state index contributed by atoms with van der Waals surface area (Å²) in [6.45, 7) is 10.4. The molecule has 0 aliphatic rings. The Labute approximate surface area is 120 Å². The van der Waals surface area contributed by atoms with Gasteiger partial charge < -0.3 is 5.32 Å². The van der Waals surface area contributed by atoms with Gasteiger partial charge in [-0.2, -0.15) is 0 Å². The van der Waals surface area contributed by atoms with Crippen LogP contribution in [-0.4, -0.2) is 11.5 Å². The molecule has 0 aliphatic carbocycles. The largest absolute Gasteiger partial charge is 0.313 e. The van der Waals surface area contributed by atoms with Crippen LogP contribution in [0.15, 0.2) is 24.3 Å². The number of halogens is 1. The highest BCUT2D eigenvalue weighted by Gasteiger charge is 2.18. The van der Waals surface area contributed by atoms with E-state index in [1.165, 1.54) is 5.56 Å². The summed E-state index contributed by atoms with van der Waals surface area (Å²) in [5.74, 6) is 0. The van der Waals surface area contributed by atoms with Gasteiger partial charge in [-0.15, -0.1) is 0 Å². The van der Waals surface area contributed by atoms with Crippen molar-refractivity contribution in [1.82, 2.24) is 10.3 Å². The van der Waals surface area contributed by atoms with E-state index in [-0.39, 0.29) is 5.41 Å². The third-order valence-electron chi connectivity index (χ3n) is 3.21. The molecular formula is C16H21ClN2. The molecule has 0 amide bonds. The monoisotopic (exact) mass is 276 g/mol. The number of aromatic nitrogens is 1. The molecule has 0 saturated heterocycles. The van der Waals surface area contributed by atoms with E-state index < -0.39 is 0 Å². The first-order valence-electron chi connectivity index (χ1n) is 6.73. The van der Waals surface area contributed by atoms with E-state index >= 15 is 0 Å². The maximum absolute atomic E-state index is 6.30. The second kappa shape index (κ2) is 5.48. The summed E-state index contributed by atoms with van der Waals surface area (Å²) in [5, 5.41) is 5.25. The highest BCUT2D eigenvalue weighted by Crippen LogP contribution is 2.29. The lowest BCUT2D eigenvalue weighted by molar-refractivity contribution is 0.569. The summed E-state index contributed by atoms with van der Waals surface area (Å²) in [4.78, 5) is 4.76. The van der Waals surface area contributed by atoms with Crippen LogP contribution in [-0.2, 0) is 12.0 Å². The van der Waals surface area contributed by atoms with Crippen molar-refractivity contribution >= 4 is 22.5 Å². The minimum atomic E-state index is 0.0221. The quantitative estimate of drug-likeness (QED) is 0.904. The highest BCUT2D eigenvalue weighted by molar-refractivity contribution is 6.35. The number of rotatable bonds is 3. The van der Waals surface area contributed by atoms with Crippen LogP contribution in [0, 0.1) is 0 Å². The molecule has 1 heterocycles. The maximum Gasteiger partial charge on any atom is 0.0894 e. The normalized spacial score (nSPS) is 12.1. The summed E-state index contributed by atoms with van der Waals surface area (Å²) in [6.07, 6.45) is 0. The third-order valence-corrected chi connectivity index (χ3v) is 3.51. The van der Waals surface area contributed by atoms with Gasteiger partial charge in [-0.05, 0) is 24.2 Å². The van der Waals surface area contributed by atoms with Gasteiger partial charge in [0.05, 0.1) is 10.5 Å². The van der Waals surface area contributed by atoms with Crippen LogP contribution in [0.1, 0.15) is 39.0 Å². The van der Waals surface area contributed by atoms with E-state index in [1.807, 2.05) is 12.1 Å². The minimum Gasteiger partial charge on any atom is -0.313 e. The maximum atomic E-state index is 6.30. The molecule has 102 valence electrons. The Morgan fingerprint density at radius 2 is 2.00 bits per heavy atom. The van der Waals surface area contributed by atoms with Gasteiger partial charge in [-0.1, -0.05) is 51.4 Å². The first-order valence-corrected chi connectivity index (χ1v) is 7.10. The lowest BCUT2D eigenvalue weighted by Crippen LogP contribution is -2.17. The number of para-hydroxylation sites is 1. The Bertz CT molecular complexity index is 585. The Hall–Kier alpha value is -1.12. The number of nitrogens with one attached hydrogen (secondary N) is 1. The Kier molecular flexibility index (Phi) is 4.12. The molecule has 2 nitrogen and oxygen atoms in total. The topological polar surface area (TPSA) is 24.9 Å². The van der Waals surface area contributed by atoms with Crippen molar-refractivity contribution < 1.29 is 0 Å². The average Bonchev–Trinajstić information content (AvgIpc) is 2.35. The summed E-state index contributed by atoms with van der Waals surface area (Å²) >= 11 is 6.30. The molecule has 0 atom stereocenters. The molecule has 2 rings (SSSR count). The van der Waals surface area contributed by atoms with Crippen LogP contribution in [0.5, 0.6) is 0 Å². The second-order valence-electron chi connectivity index (χ2n) is 5.83. The van der Waals surface area contributed by atoms with Gasteiger partial charge in [0.25, 0.3) is 0 Å². The fourth-order valence-electron chi connectivity index (χ4n) is 2.07. The van der Waals surface area contributed by atoms with Crippen molar-refractivity contribution in [3.05, 3.63) is 40.5 Å². The number of hydrogen-bond acceptors (Lipinski definition) is 2. The molecule has 1 N–H and O–H groups in total. The first-order chi connectivity index (χ1) is 8.93. The van der Waals surface area contributed by atoms with E-state index in [9.17, 15) is 0 Å². The van der Waals surface area contributed by atoms with Gasteiger partial charge in [0.1, 0.15) is 0 Å². The van der Waals surface area contributed by atoms with Gasteiger partial charge in [-0.3, -0.25) is 4.98 Å². The Morgan fingerprint density at radius 1 is 1.26 bits per heavy atom. The molecular weight excluding hydrogens is 256 g/mol. The van der Waals surface area contributed by atoms with E-state index in [0.717, 1.165) is 34.7 Å². The lowest BCUT2D eigenvalue weighted by atomic mass is 9.90. The van der Waals surface area contributed by atoms with Crippen LogP contribution in [0.4, 0.5) is 0 Å². The summed E-state index contributed by atoms with van der Waals surface area (Å²) in [6, 6.07) is 8.17. The molecule has 3 heteroatoms. The zero-order chi connectivity index (χ0) is 14.0. The first kappa shape index (κ1) is 14.3. The molecule has 0 aliphatic heterocycles. The zero-order valence-corrected chi connectivity index (χ0v) is 12.8. The highest BCUT2D eigenvalue weighted by atomic mass is 35.5. The molecule has 0 unspecified atom stereocenters. The number of nitrogens with zero attached hydrogens (tertiary/aromatic N) is 1. The van der Waals surface area contributed by atoms with Crippen molar-refractivity contribution in [2.45, 2.75) is 39.7 Å². The van der Waals surface area contributed by atoms with Crippen LogP contribution in [0.3, 0.4) is 0 Å². The number of hydrogen-bond donors (Lipinski definition) is 1. The van der Waals surface area contributed by atoms with Gasteiger partial charge in [0.2, 0.25) is 0 Å². The van der Waals surface area contributed by atoms with E-state index in [0.29, 0.717) is 0 Å². The fraction of sp³-hybridized carbons (Fsp3) is 0.438. The van der Waals surface area contributed by atoms with Crippen LogP contribution in [0.25, 0.3) is 10.9 Å². The molecule has 0 bridgehead atoms. The van der Waals surface area contributed by atoms with E-state index in [1.54, 1.807) is 0 Å². The van der Waals surface area contributed by atoms with Crippen molar-refractivity contribution in [2.75, 3.05) is 6.54 Å². The van der Waals surface area contributed by atoms with Gasteiger partial charge in [0, 0.05) is 23.0 Å². The third kappa shape index (κ3) is 3.07. The van der Waals surface area contributed by atoms with Crippen molar-refractivity contribution in [2.24, 2.45) is 0 Å². The molecule has 1 aromatic heterocycles. The smallest absolute Gasteiger partial charge is 0.0894 e. The van der Waals surface area contributed by atoms with Crippen LogP contribution in [0.2, 0.25) is 5.02 Å². The van der Waals surface area contributed by atoms with Crippen molar-refractivity contribution in [1.29, 1.82) is 0 Å². The van der Waals surface area contributed by atoms with E-state index in [4.69, 9.17) is 16.6 Å². The summed E-state index contributed by atoms with van der Waals surface area (Å²) in [5.41, 5.74) is 3.28. The molecule has 0 fully saturated rings. The van der Waals surface area contributed by atoms with Gasteiger partial charge in [-0.25, -0.2) is 0 Å². The SMILES string of the molecule is CCNCc1cc(C(C)(C)C)nc2c(Cl)cccc12. The summed E-state index contributed by atoms with van der Waals surface area (Å²) in [7, 11) is 0. The fourth-order valence-corrected chi connectivity index (χ4v) is 2.29. The molecule has 0 radical (unpaired) electrons. The van der Waals surface area contributed by atoms with Crippen LogP contribution < -0.4 is 5.32 Å². The minimum absolute atomic E-state index is 0.0221. The van der Waals surface area contributed by atoms with Crippen molar-refractivity contribution in [3.63, 3.8) is 0 Å². The van der Waals surface area contributed by atoms with Gasteiger partial charge in [0.15, 0.2) is 0 Å². The molecule has 0 spiro atoms. The molecule has 19 heavy (non-hydrogen) atoms. The number of benzene rings is 1. The number of pyridine rings is 1. The Balaban J connectivity index is 2.66.